The Bertz CT molecular complexity index is 1490. The summed E-state index contributed by atoms with van der Waals surface area (Å²) in [6.45, 7) is 4.19. The van der Waals surface area contributed by atoms with Crippen molar-refractivity contribution in [3.05, 3.63) is 107 Å². The number of nitrogens with zero attached hydrogens (tertiary/aromatic N) is 5. The first-order chi connectivity index (χ1) is 19.9. The number of carbonyl (C=O) groups excluding carboxylic acids is 2. The summed E-state index contributed by atoms with van der Waals surface area (Å²) in [5, 5.41) is 9.42. The van der Waals surface area contributed by atoms with Gasteiger partial charge in [0.2, 0.25) is 5.91 Å². The number of anilines is 1. The molecule has 5 rings (SSSR count). The summed E-state index contributed by atoms with van der Waals surface area (Å²) in [5.74, 6) is 1.03. The van der Waals surface area contributed by atoms with E-state index in [0.29, 0.717) is 48.2 Å². The Labute approximate surface area is 245 Å². The van der Waals surface area contributed by atoms with Crippen LogP contribution >= 0.6 is 11.6 Å². The number of halogens is 1. The van der Waals surface area contributed by atoms with Gasteiger partial charge in [0.05, 0.1) is 23.9 Å². The first-order valence-electron chi connectivity index (χ1n) is 13.6. The largest absolute Gasteiger partial charge is 0.497 e. The summed E-state index contributed by atoms with van der Waals surface area (Å²) in [7, 11) is 1.57. The van der Waals surface area contributed by atoms with Crippen LogP contribution in [0.25, 0.3) is 11.3 Å². The van der Waals surface area contributed by atoms with Crippen molar-refractivity contribution in [3.63, 3.8) is 0 Å². The van der Waals surface area contributed by atoms with Gasteiger partial charge in [-0.25, -0.2) is 0 Å². The highest BCUT2D eigenvalue weighted by atomic mass is 35.5. The average molecular weight is 570 g/mol. The first kappa shape index (κ1) is 28.1. The second-order valence-electron chi connectivity index (χ2n) is 9.88. The third-order valence-electron chi connectivity index (χ3n) is 7.39. The normalized spacial score (nSPS) is 13.9. The maximum atomic E-state index is 13.7. The van der Waals surface area contributed by atoms with Crippen LogP contribution < -0.4 is 9.64 Å². The van der Waals surface area contributed by atoms with Gasteiger partial charge in [-0.15, -0.1) is 10.2 Å². The van der Waals surface area contributed by atoms with Crippen molar-refractivity contribution >= 4 is 29.2 Å². The molecule has 0 N–H and O–H groups in total. The Morgan fingerprint density at radius 2 is 1.63 bits per heavy atom. The first-order valence-corrected chi connectivity index (χ1v) is 13.9. The molecule has 1 fully saturated rings. The Morgan fingerprint density at radius 1 is 0.902 bits per heavy atom. The molecular formula is C32H32ClN5O3. The number of carbonyl (C=O) groups is 2. The summed E-state index contributed by atoms with van der Waals surface area (Å²) in [6.07, 6.45) is 0. The number of benzene rings is 3. The molecule has 3 aromatic carbocycles. The third-order valence-corrected chi connectivity index (χ3v) is 7.72. The van der Waals surface area contributed by atoms with E-state index in [4.69, 9.17) is 16.3 Å². The molecule has 4 aromatic rings. The van der Waals surface area contributed by atoms with Crippen LogP contribution in [0.15, 0.2) is 91.0 Å². The Morgan fingerprint density at radius 3 is 2.32 bits per heavy atom. The zero-order chi connectivity index (χ0) is 28.8. The van der Waals surface area contributed by atoms with Crippen LogP contribution in [-0.2, 0) is 4.79 Å². The summed E-state index contributed by atoms with van der Waals surface area (Å²) in [5.41, 5.74) is 2.98. The lowest BCUT2D eigenvalue weighted by Gasteiger charge is -2.37. The van der Waals surface area contributed by atoms with Gasteiger partial charge in [0.1, 0.15) is 12.3 Å². The van der Waals surface area contributed by atoms with Crippen molar-refractivity contribution in [1.29, 1.82) is 0 Å². The van der Waals surface area contributed by atoms with Gasteiger partial charge in [-0.2, -0.15) is 0 Å². The van der Waals surface area contributed by atoms with E-state index in [0.717, 1.165) is 16.9 Å². The second kappa shape index (κ2) is 12.8. The van der Waals surface area contributed by atoms with Crippen LogP contribution in [0.5, 0.6) is 5.75 Å². The summed E-state index contributed by atoms with van der Waals surface area (Å²) in [6, 6.07) is 27.8. The van der Waals surface area contributed by atoms with Crippen molar-refractivity contribution in [3.8, 4) is 17.0 Å². The lowest BCUT2D eigenvalue weighted by Crippen LogP contribution is -2.52. The molecule has 2 amide bonds. The average Bonchev–Trinajstić information content (AvgIpc) is 3.03. The van der Waals surface area contributed by atoms with Gasteiger partial charge in [0.25, 0.3) is 5.91 Å². The number of amides is 2. The minimum atomic E-state index is -0.299. The van der Waals surface area contributed by atoms with Crippen LogP contribution in [0.1, 0.15) is 28.9 Å². The molecule has 1 saturated heterocycles. The molecule has 1 aliphatic heterocycles. The Kier molecular flexibility index (Phi) is 8.79. The minimum absolute atomic E-state index is 0.0293. The molecule has 41 heavy (non-hydrogen) atoms. The van der Waals surface area contributed by atoms with Crippen LogP contribution in [0.2, 0.25) is 5.02 Å². The number of methoxy groups -OCH3 is 1. The fourth-order valence-corrected chi connectivity index (χ4v) is 5.19. The predicted molar refractivity (Wildman–Crippen MR) is 160 cm³/mol. The molecule has 210 valence electrons. The predicted octanol–water partition coefficient (Wildman–Crippen LogP) is 5.36. The lowest BCUT2D eigenvalue weighted by atomic mass is 10.1. The van der Waals surface area contributed by atoms with Gasteiger partial charge in [-0.05, 0) is 48.9 Å². The zero-order valence-electron chi connectivity index (χ0n) is 23.1. The van der Waals surface area contributed by atoms with Crippen molar-refractivity contribution in [2.24, 2.45) is 0 Å². The van der Waals surface area contributed by atoms with E-state index in [-0.39, 0.29) is 24.4 Å². The molecular weight excluding hydrogens is 538 g/mol. The highest BCUT2D eigenvalue weighted by molar-refractivity contribution is 6.33. The topological polar surface area (TPSA) is 78.9 Å². The third kappa shape index (κ3) is 6.49. The summed E-state index contributed by atoms with van der Waals surface area (Å²) >= 11 is 6.31. The standard InChI is InChI=1S/C32H32ClN5O3/c1-23(24-9-4-3-5-10-24)38(32(40)25-11-8-12-26(21-25)41-2)22-31(39)37-19-17-36(18-20-37)30-16-15-29(34-35-30)27-13-6-7-14-28(27)33/h3-16,21,23H,17-20,22H2,1-2H3/t23-/m0/s1. The quantitative estimate of drug-likeness (QED) is 0.284. The molecule has 0 spiro atoms. The maximum absolute atomic E-state index is 13.7. The van der Waals surface area contributed by atoms with Gasteiger partial charge in [0, 0.05) is 37.3 Å². The summed E-state index contributed by atoms with van der Waals surface area (Å²) in [4.78, 5) is 32.8. The van der Waals surface area contributed by atoms with E-state index in [1.165, 1.54) is 0 Å². The van der Waals surface area contributed by atoms with Gasteiger partial charge < -0.3 is 19.4 Å². The van der Waals surface area contributed by atoms with E-state index in [1.807, 2.05) is 78.6 Å². The molecule has 1 aromatic heterocycles. The molecule has 1 aliphatic rings. The van der Waals surface area contributed by atoms with Crippen molar-refractivity contribution in [2.45, 2.75) is 13.0 Å². The lowest BCUT2D eigenvalue weighted by molar-refractivity contribution is -0.132. The molecule has 0 saturated carbocycles. The highest BCUT2D eigenvalue weighted by Crippen LogP contribution is 2.27. The van der Waals surface area contributed by atoms with Gasteiger partial charge in [-0.1, -0.05) is 66.2 Å². The molecule has 8 nitrogen and oxygen atoms in total. The molecule has 0 unspecified atom stereocenters. The van der Waals surface area contributed by atoms with Gasteiger partial charge >= 0.3 is 0 Å². The van der Waals surface area contributed by atoms with Crippen molar-refractivity contribution in [1.82, 2.24) is 20.0 Å². The van der Waals surface area contributed by atoms with Crippen molar-refractivity contribution < 1.29 is 14.3 Å². The number of piperazine rings is 1. The molecule has 0 aliphatic carbocycles. The highest BCUT2D eigenvalue weighted by Gasteiger charge is 2.29. The van der Waals surface area contributed by atoms with E-state index in [1.54, 1.807) is 36.3 Å². The number of hydrogen-bond acceptors (Lipinski definition) is 6. The Balaban J connectivity index is 1.26. The summed E-state index contributed by atoms with van der Waals surface area (Å²) < 4.78 is 5.32. The number of rotatable bonds is 8. The molecule has 0 bridgehead atoms. The second-order valence-corrected chi connectivity index (χ2v) is 10.3. The fourth-order valence-electron chi connectivity index (χ4n) is 4.96. The van der Waals surface area contributed by atoms with E-state index in [9.17, 15) is 9.59 Å². The SMILES string of the molecule is COc1cccc(C(=O)N(CC(=O)N2CCN(c3ccc(-c4ccccc4Cl)nn3)CC2)[C@@H](C)c2ccccc2)c1. The Hall–Kier alpha value is -4.43. The van der Waals surface area contributed by atoms with E-state index >= 15 is 0 Å². The zero-order valence-corrected chi connectivity index (χ0v) is 23.9. The fraction of sp³-hybridized carbons (Fsp3) is 0.250. The molecule has 9 heteroatoms. The van der Waals surface area contributed by atoms with Crippen LogP contribution in [0.3, 0.4) is 0 Å². The minimum Gasteiger partial charge on any atom is -0.497 e. The van der Waals surface area contributed by atoms with Crippen LogP contribution in [0.4, 0.5) is 5.82 Å². The van der Waals surface area contributed by atoms with Crippen LogP contribution in [-0.4, -0.2) is 71.6 Å². The van der Waals surface area contributed by atoms with E-state index in [2.05, 4.69) is 15.1 Å². The smallest absolute Gasteiger partial charge is 0.254 e. The molecule has 1 atom stereocenters. The number of aromatic nitrogens is 2. The molecule has 2 heterocycles. The monoisotopic (exact) mass is 569 g/mol. The van der Waals surface area contributed by atoms with Crippen LogP contribution in [0, 0.1) is 0 Å². The van der Waals surface area contributed by atoms with Crippen molar-refractivity contribution in [2.75, 3.05) is 44.7 Å². The van der Waals surface area contributed by atoms with E-state index < -0.39 is 0 Å². The number of ether oxygens (including phenoxy) is 1. The van der Waals surface area contributed by atoms with Gasteiger partial charge in [0.15, 0.2) is 5.82 Å². The maximum Gasteiger partial charge on any atom is 0.254 e. The molecule has 0 radical (unpaired) electrons. The number of hydrogen-bond donors (Lipinski definition) is 0. The van der Waals surface area contributed by atoms with Gasteiger partial charge in [-0.3, -0.25) is 9.59 Å².